The molecule has 4 aromatic heterocycles. The van der Waals surface area contributed by atoms with Crippen LogP contribution < -0.4 is 17.0 Å². The normalized spacial score (nSPS) is 32.8. The van der Waals surface area contributed by atoms with Crippen molar-refractivity contribution in [2.45, 2.75) is 48.6 Å². The zero-order valence-corrected chi connectivity index (χ0v) is 26.7. The second-order valence-corrected chi connectivity index (χ2v) is 15.3. The molecule has 2 bridgehead atoms. The van der Waals surface area contributed by atoms with E-state index in [1.54, 1.807) is 0 Å². The standard InChI is InChI=1S/C21H25FN10O10P2S2/c22-8-7(1-38-43(35)45)40-18(32-6-28-10-16(32)29-20(24)30-17(10)34)11(8)42-44(36,46)39-3-21-2-37-12(13(21)33)19(41-21)31-5-27-9-14(23)25-4-26-15(9)31/h4-8,11-13,18-19,33,43H,1-3H2,(H,35,45)(H,36,46)(H2,23,25,26)(H3,24,29,30,34)/t7-,8-,11-,12-,13+,18-,19-,21-,44?/m1/s1. The van der Waals surface area contributed by atoms with Crippen LogP contribution in [0.2, 0.25) is 0 Å². The zero-order valence-electron chi connectivity index (χ0n) is 23.0. The Balaban J connectivity index is 1.12. The van der Waals surface area contributed by atoms with Crippen molar-refractivity contribution < 1.29 is 46.4 Å². The highest BCUT2D eigenvalue weighted by Gasteiger charge is 2.63. The number of anilines is 2. The number of hydrogen-bond acceptors (Lipinski definition) is 17. The molecule has 3 aliphatic rings. The van der Waals surface area contributed by atoms with Gasteiger partial charge in [-0.05, 0) is 0 Å². The molecule has 25 heteroatoms. The Labute approximate surface area is 267 Å². The lowest BCUT2D eigenvalue weighted by Gasteiger charge is -2.32. The van der Waals surface area contributed by atoms with Gasteiger partial charge in [-0.25, -0.2) is 28.9 Å². The van der Waals surface area contributed by atoms with Crippen molar-refractivity contribution >= 4 is 72.6 Å². The predicted octanol–water partition coefficient (Wildman–Crippen LogP) is 0.162. The minimum Gasteiger partial charge on any atom is -0.387 e. The number of halogens is 1. The van der Waals surface area contributed by atoms with Crippen molar-refractivity contribution in [3.63, 3.8) is 0 Å². The highest BCUT2D eigenvalue weighted by Crippen LogP contribution is 2.59. The number of hydrogen-bond donors (Lipinski definition) is 6. The largest absolute Gasteiger partial charge is 0.387 e. The van der Waals surface area contributed by atoms with Gasteiger partial charge in [0.15, 0.2) is 41.3 Å². The molecule has 46 heavy (non-hydrogen) atoms. The molecule has 0 radical (unpaired) electrons. The molecule has 0 saturated carbocycles. The quantitative estimate of drug-likeness (QED) is 0.0940. The Morgan fingerprint density at radius 2 is 1.93 bits per heavy atom. The Hall–Kier alpha value is -2.69. The predicted molar refractivity (Wildman–Crippen MR) is 161 cm³/mol. The number of nitrogen functional groups attached to an aromatic ring is 2. The summed E-state index contributed by atoms with van der Waals surface area (Å²) in [6.45, 7) is -5.72. The molecule has 0 spiro atoms. The van der Waals surface area contributed by atoms with Crippen LogP contribution in [0.15, 0.2) is 23.8 Å². The van der Waals surface area contributed by atoms with Gasteiger partial charge in [0, 0.05) is 0 Å². The molecule has 2 unspecified atom stereocenters. The van der Waals surface area contributed by atoms with E-state index in [0.717, 1.165) is 10.9 Å². The van der Waals surface area contributed by atoms with Gasteiger partial charge in [0.05, 0.1) is 32.5 Å². The van der Waals surface area contributed by atoms with Crippen LogP contribution >= 0.6 is 38.5 Å². The number of rotatable bonds is 10. The molecule has 3 fully saturated rings. The van der Waals surface area contributed by atoms with Crippen LogP contribution in [0.5, 0.6) is 0 Å². The number of nitrogens with two attached hydrogens (primary N) is 2. The third kappa shape index (κ3) is 5.42. The summed E-state index contributed by atoms with van der Waals surface area (Å²) in [5, 5.41) is 11.1. The SMILES string of the molecule is Nc1nc2c(ncn2[C@@H]2O[C@H](CO[PH](=O)S)[C@@H](F)[C@H]2OP(=O)(S)OC[C@@]23CO[C@@H]([C@H](n4cnc5c(N)ncnc54)O2)[C@@H]3O)c(=O)[nH]1. The van der Waals surface area contributed by atoms with E-state index in [1.807, 2.05) is 0 Å². The van der Waals surface area contributed by atoms with E-state index in [4.69, 9.17) is 39.2 Å². The van der Waals surface area contributed by atoms with E-state index in [0.29, 0.717) is 11.2 Å². The third-order valence-corrected chi connectivity index (χ3v) is 10.2. The number of ether oxygens (including phenoxy) is 3. The van der Waals surface area contributed by atoms with Crippen LogP contribution in [0.4, 0.5) is 16.2 Å². The molecule has 248 valence electrons. The number of nitrogens with one attached hydrogen (secondary N) is 1. The summed E-state index contributed by atoms with van der Waals surface area (Å²) < 4.78 is 77.4. The number of H-pyrrole nitrogens is 1. The number of aromatic nitrogens is 8. The Morgan fingerprint density at radius 3 is 2.70 bits per heavy atom. The minimum absolute atomic E-state index is 0.0908. The highest BCUT2D eigenvalue weighted by molar-refractivity contribution is 8.44. The van der Waals surface area contributed by atoms with Gasteiger partial charge >= 0.3 is 6.80 Å². The lowest BCUT2D eigenvalue weighted by atomic mass is 10.0. The lowest BCUT2D eigenvalue weighted by molar-refractivity contribution is -0.183. The summed E-state index contributed by atoms with van der Waals surface area (Å²) in [6, 6.07) is 0. The summed E-state index contributed by atoms with van der Waals surface area (Å²) in [7, 11) is -2.78. The molecule has 6 N–H and O–H groups in total. The molecule has 10 atom stereocenters. The van der Waals surface area contributed by atoms with Gasteiger partial charge in [0.1, 0.15) is 41.9 Å². The van der Waals surface area contributed by atoms with E-state index >= 15 is 4.39 Å². The van der Waals surface area contributed by atoms with E-state index in [-0.39, 0.29) is 29.5 Å². The van der Waals surface area contributed by atoms with Gasteiger partial charge in [-0.3, -0.25) is 32.5 Å². The van der Waals surface area contributed by atoms with Crippen molar-refractivity contribution in [1.29, 1.82) is 0 Å². The van der Waals surface area contributed by atoms with Gasteiger partial charge in [0.25, 0.3) is 5.56 Å². The topological polar surface area (TPSA) is 269 Å². The van der Waals surface area contributed by atoms with Crippen molar-refractivity contribution in [2.75, 3.05) is 31.3 Å². The van der Waals surface area contributed by atoms with Crippen molar-refractivity contribution in [3.05, 3.63) is 29.3 Å². The van der Waals surface area contributed by atoms with Crippen LogP contribution in [-0.4, -0.2) is 100 Å². The maximum Gasteiger partial charge on any atom is 0.386 e. The van der Waals surface area contributed by atoms with Gasteiger partial charge in [-0.2, -0.15) is 4.98 Å². The van der Waals surface area contributed by atoms with E-state index in [9.17, 15) is 19.0 Å². The number of nitrogens with zero attached hydrogens (tertiary/aromatic N) is 7. The number of thiol groups is 2. The Morgan fingerprint density at radius 1 is 1.20 bits per heavy atom. The molecule has 7 heterocycles. The molecule has 7 rings (SSSR count). The first-order valence-electron chi connectivity index (χ1n) is 13.3. The number of aromatic amines is 1. The zero-order chi connectivity index (χ0) is 32.5. The molecule has 0 aliphatic carbocycles. The Bertz CT molecular complexity index is 1950. The first-order chi connectivity index (χ1) is 21.9. The smallest absolute Gasteiger partial charge is 0.386 e. The Kier molecular flexibility index (Phi) is 8.16. The van der Waals surface area contributed by atoms with Crippen molar-refractivity contribution in [1.82, 2.24) is 39.0 Å². The number of aliphatic hydroxyl groups is 1. The minimum atomic E-state index is -4.49. The maximum atomic E-state index is 15.8. The molecule has 3 saturated heterocycles. The monoisotopic (exact) mass is 722 g/mol. The molecule has 20 nitrogen and oxygen atoms in total. The number of imidazole rings is 2. The van der Waals surface area contributed by atoms with Crippen LogP contribution in [0.3, 0.4) is 0 Å². The van der Waals surface area contributed by atoms with E-state index in [2.05, 4.69) is 54.4 Å². The summed E-state index contributed by atoms with van der Waals surface area (Å²) in [5.74, 6) is -0.115. The molecule has 0 aromatic carbocycles. The van der Waals surface area contributed by atoms with E-state index < -0.39 is 81.4 Å². The van der Waals surface area contributed by atoms with Gasteiger partial charge in [0.2, 0.25) is 13.2 Å². The molecule has 3 aliphatic heterocycles. The van der Waals surface area contributed by atoms with Crippen LogP contribution in [0.25, 0.3) is 22.3 Å². The van der Waals surface area contributed by atoms with Crippen LogP contribution in [-0.2, 0) is 36.9 Å². The highest BCUT2D eigenvalue weighted by atomic mass is 32.7. The fourth-order valence-corrected chi connectivity index (χ4v) is 7.62. The molecular weight excluding hydrogens is 697 g/mol. The van der Waals surface area contributed by atoms with Gasteiger partial charge < -0.3 is 35.3 Å². The number of alkyl halides is 1. The molecular formula is C21H25FN10O10P2S2. The fourth-order valence-electron chi connectivity index (χ4n) is 5.62. The summed E-state index contributed by atoms with van der Waals surface area (Å²) in [5.41, 5.74) is 9.77. The fraction of sp³-hybridized carbons (Fsp3) is 0.524. The number of fused-ring (bicyclic) bond motifs is 4. The second kappa shape index (κ2) is 11.8. The summed E-state index contributed by atoms with van der Waals surface area (Å²) in [4.78, 5) is 34.9. The van der Waals surface area contributed by atoms with Crippen molar-refractivity contribution in [3.8, 4) is 0 Å². The summed E-state index contributed by atoms with van der Waals surface area (Å²) >= 11 is 7.75. The third-order valence-electron chi connectivity index (χ3n) is 7.76. The first-order valence-corrected chi connectivity index (χ1v) is 18.6. The van der Waals surface area contributed by atoms with Gasteiger partial charge in [-0.15, -0.1) is 0 Å². The molecule has 4 aromatic rings. The maximum absolute atomic E-state index is 15.8. The number of aliphatic hydroxyl groups excluding tert-OH is 1. The van der Waals surface area contributed by atoms with E-state index in [1.165, 1.54) is 17.2 Å². The van der Waals surface area contributed by atoms with Crippen LogP contribution in [0, 0.1) is 0 Å². The lowest BCUT2D eigenvalue weighted by Crippen LogP contribution is -2.44. The first kappa shape index (κ1) is 31.9. The molecule has 0 amide bonds. The summed E-state index contributed by atoms with van der Waals surface area (Å²) in [6.07, 6.45) is -5.92. The average molecular weight is 723 g/mol. The van der Waals surface area contributed by atoms with Gasteiger partial charge in [-0.1, -0.05) is 24.5 Å². The second-order valence-electron chi connectivity index (χ2n) is 10.6. The van der Waals surface area contributed by atoms with Crippen LogP contribution in [0.1, 0.15) is 12.5 Å². The average Bonchev–Trinajstić information content (AvgIpc) is 3.80. The van der Waals surface area contributed by atoms with Crippen molar-refractivity contribution in [2.24, 2.45) is 0 Å².